The molecule has 1 aromatic carbocycles. The molecule has 0 aliphatic rings. The molecular formula is C26H44N4O4. The SMILES string of the molecule is Cc1cc(CCC(=O)N(N)C(=O)CCCCCCCCCCC(=O)NN)cc(C(C)(C)C)c1O. The van der Waals surface area contributed by atoms with Crippen LogP contribution < -0.4 is 17.1 Å². The van der Waals surface area contributed by atoms with Gasteiger partial charge < -0.3 is 5.11 Å². The number of hydrogen-bond donors (Lipinski definition) is 4. The molecule has 0 aromatic heterocycles. The van der Waals surface area contributed by atoms with Gasteiger partial charge in [-0.2, -0.15) is 0 Å². The lowest BCUT2D eigenvalue weighted by Gasteiger charge is -2.23. The molecule has 0 saturated heterocycles. The van der Waals surface area contributed by atoms with Crippen molar-refractivity contribution in [1.29, 1.82) is 0 Å². The van der Waals surface area contributed by atoms with Crippen molar-refractivity contribution in [3.05, 3.63) is 28.8 Å². The molecule has 192 valence electrons. The van der Waals surface area contributed by atoms with Crippen LogP contribution in [0.25, 0.3) is 0 Å². The number of rotatable bonds is 14. The van der Waals surface area contributed by atoms with Gasteiger partial charge in [0.2, 0.25) is 17.7 Å². The van der Waals surface area contributed by atoms with Crippen molar-refractivity contribution in [2.45, 2.75) is 110 Å². The number of hydrazine groups is 2. The van der Waals surface area contributed by atoms with Gasteiger partial charge in [0, 0.05) is 19.3 Å². The standard InChI is InChI=1S/C26H44N4O4/c1-19-17-20(18-21(25(19)34)26(2,3)4)15-16-24(33)30(28)23(32)14-12-10-8-6-5-7-9-11-13-22(31)29-27/h17-18,34H,5-16,27-28H2,1-4H3,(H,29,31). The van der Waals surface area contributed by atoms with Gasteiger partial charge in [-0.05, 0) is 48.3 Å². The van der Waals surface area contributed by atoms with Gasteiger partial charge in [-0.1, -0.05) is 71.4 Å². The van der Waals surface area contributed by atoms with Crippen LogP contribution in [0.5, 0.6) is 5.75 Å². The third kappa shape index (κ3) is 10.7. The van der Waals surface area contributed by atoms with E-state index in [1.165, 1.54) is 0 Å². The number of imide groups is 1. The highest BCUT2D eigenvalue weighted by Gasteiger charge is 2.21. The second kappa shape index (κ2) is 14.7. The number of amides is 3. The number of carbonyl (C=O) groups is 3. The molecule has 3 amide bonds. The van der Waals surface area contributed by atoms with Crippen molar-refractivity contribution < 1.29 is 19.5 Å². The molecule has 0 aliphatic carbocycles. The molecule has 1 aromatic rings. The Balaban J connectivity index is 2.28. The van der Waals surface area contributed by atoms with Crippen LogP contribution in [-0.4, -0.2) is 27.8 Å². The lowest BCUT2D eigenvalue weighted by atomic mass is 9.83. The molecule has 34 heavy (non-hydrogen) atoms. The van der Waals surface area contributed by atoms with Crippen LogP contribution in [0.1, 0.15) is 108 Å². The van der Waals surface area contributed by atoms with E-state index in [0.717, 1.165) is 66.6 Å². The Morgan fingerprint density at radius 2 is 1.38 bits per heavy atom. The summed E-state index contributed by atoms with van der Waals surface area (Å²) in [6.45, 7) is 7.94. The summed E-state index contributed by atoms with van der Waals surface area (Å²) in [5, 5.41) is 11.1. The van der Waals surface area contributed by atoms with E-state index in [1.807, 2.05) is 39.8 Å². The summed E-state index contributed by atoms with van der Waals surface area (Å²) in [6, 6.07) is 3.80. The number of nitrogens with two attached hydrogens (primary N) is 2. The number of phenols is 1. The van der Waals surface area contributed by atoms with E-state index in [-0.39, 0.29) is 35.8 Å². The molecule has 0 aliphatic heterocycles. The van der Waals surface area contributed by atoms with Crippen molar-refractivity contribution >= 4 is 17.7 Å². The first-order valence-electron chi connectivity index (χ1n) is 12.4. The number of aryl methyl sites for hydroxylation is 2. The fraction of sp³-hybridized carbons (Fsp3) is 0.654. The molecule has 0 bridgehead atoms. The summed E-state index contributed by atoms with van der Waals surface area (Å²) in [5.74, 6) is 10.2. The van der Waals surface area contributed by atoms with Crippen LogP contribution in [0, 0.1) is 6.92 Å². The van der Waals surface area contributed by atoms with Gasteiger partial charge in [-0.25, -0.2) is 16.7 Å². The number of carbonyl (C=O) groups excluding carboxylic acids is 3. The smallest absolute Gasteiger partial charge is 0.243 e. The van der Waals surface area contributed by atoms with Crippen molar-refractivity contribution in [3.8, 4) is 5.75 Å². The Kier molecular flexibility index (Phi) is 12.8. The second-order valence-electron chi connectivity index (χ2n) is 10.1. The van der Waals surface area contributed by atoms with E-state index < -0.39 is 5.91 Å². The van der Waals surface area contributed by atoms with E-state index in [1.54, 1.807) is 0 Å². The molecule has 0 spiro atoms. The molecule has 0 heterocycles. The highest BCUT2D eigenvalue weighted by atomic mass is 16.3. The zero-order chi connectivity index (χ0) is 25.7. The van der Waals surface area contributed by atoms with Crippen LogP contribution in [0.2, 0.25) is 0 Å². The Morgan fingerprint density at radius 3 is 1.91 bits per heavy atom. The first-order valence-corrected chi connectivity index (χ1v) is 12.4. The van der Waals surface area contributed by atoms with E-state index in [0.29, 0.717) is 19.3 Å². The van der Waals surface area contributed by atoms with E-state index >= 15 is 0 Å². The van der Waals surface area contributed by atoms with E-state index in [4.69, 9.17) is 11.7 Å². The predicted molar refractivity (Wildman–Crippen MR) is 134 cm³/mol. The van der Waals surface area contributed by atoms with Crippen LogP contribution >= 0.6 is 0 Å². The fourth-order valence-corrected chi connectivity index (χ4v) is 3.90. The lowest BCUT2D eigenvalue weighted by Crippen LogP contribution is -2.42. The van der Waals surface area contributed by atoms with Crippen molar-refractivity contribution in [2.75, 3.05) is 0 Å². The van der Waals surface area contributed by atoms with Crippen LogP contribution in [0.3, 0.4) is 0 Å². The lowest BCUT2D eigenvalue weighted by molar-refractivity contribution is -0.145. The predicted octanol–water partition coefficient (Wildman–Crippen LogP) is 4.05. The van der Waals surface area contributed by atoms with Crippen LogP contribution in [-0.2, 0) is 26.2 Å². The van der Waals surface area contributed by atoms with Gasteiger partial charge in [0.1, 0.15) is 5.75 Å². The molecule has 0 unspecified atom stereocenters. The summed E-state index contributed by atoms with van der Waals surface area (Å²) in [7, 11) is 0. The maximum atomic E-state index is 12.4. The molecule has 1 rings (SSSR count). The number of nitrogens with one attached hydrogen (secondary N) is 1. The highest BCUT2D eigenvalue weighted by molar-refractivity contribution is 5.94. The van der Waals surface area contributed by atoms with E-state index in [9.17, 15) is 19.5 Å². The molecule has 6 N–H and O–H groups in total. The normalized spacial score (nSPS) is 11.4. The van der Waals surface area contributed by atoms with Crippen molar-refractivity contribution in [2.24, 2.45) is 11.7 Å². The maximum absolute atomic E-state index is 12.4. The highest BCUT2D eigenvalue weighted by Crippen LogP contribution is 2.34. The molecule has 8 nitrogen and oxygen atoms in total. The number of aromatic hydroxyl groups is 1. The second-order valence-corrected chi connectivity index (χ2v) is 10.1. The number of benzene rings is 1. The summed E-state index contributed by atoms with van der Waals surface area (Å²) in [5.41, 5.74) is 4.47. The third-order valence-corrected chi connectivity index (χ3v) is 6.04. The fourth-order valence-electron chi connectivity index (χ4n) is 3.90. The number of nitrogens with zero attached hydrogens (tertiary/aromatic N) is 1. The molecular weight excluding hydrogens is 432 g/mol. The van der Waals surface area contributed by atoms with Gasteiger partial charge in [-0.15, -0.1) is 0 Å². The summed E-state index contributed by atoms with van der Waals surface area (Å²) >= 11 is 0. The first kappa shape index (κ1) is 29.6. The number of hydrogen-bond acceptors (Lipinski definition) is 6. The minimum Gasteiger partial charge on any atom is -0.507 e. The first-order chi connectivity index (χ1) is 16.0. The summed E-state index contributed by atoms with van der Waals surface area (Å²) < 4.78 is 0. The minimum atomic E-state index is -0.392. The van der Waals surface area contributed by atoms with Gasteiger partial charge in [0.25, 0.3) is 0 Å². The Labute approximate surface area is 204 Å². The molecule has 0 saturated carbocycles. The molecule has 0 atom stereocenters. The molecule has 0 fully saturated rings. The largest absolute Gasteiger partial charge is 0.507 e. The van der Waals surface area contributed by atoms with Gasteiger partial charge in [0.05, 0.1) is 0 Å². The molecule has 8 heteroatoms. The summed E-state index contributed by atoms with van der Waals surface area (Å²) in [4.78, 5) is 35.7. The average Bonchev–Trinajstić information content (AvgIpc) is 2.78. The topological polar surface area (TPSA) is 139 Å². The molecule has 0 radical (unpaired) electrons. The van der Waals surface area contributed by atoms with Crippen molar-refractivity contribution in [1.82, 2.24) is 10.4 Å². The zero-order valence-corrected chi connectivity index (χ0v) is 21.4. The Hall–Kier alpha value is -2.45. The van der Waals surface area contributed by atoms with Crippen LogP contribution in [0.4, 0.5) is 0 Å². The van der Waals surface area contributed by atoms with Gasteiger partial charge in [-0.3, -0.25) is 19.8 Å². The van der Waals surface area contributed by atoms with Crippen LogP contribution in [0.15, 0.2) is 12.1 Å². The van der Waals surface area contributed by atoms with E-state index in [2.05, 4.69) is 5.43 Å². The summed E-state index contributed by atoms with van der Waals surface area (Å²) in [6.07, 6.45) is 9.14. The van der Waals surface area contributed by atoms with Gasteiger partial charge in [0.15, 0.2) is 0 Å². The maximum Gasteiger partial charge on any atom is 0.243 e. The quantitative estimate of drug-likeness (QED) is 0.138. The third-order valence-electron chi connectivity index (χ3n) is 6.04. The number of unbranched alkanes of at least 4 members (excludes halogenated alkanes) is 7. The van der Waals surface area contributed by atoms with Gasteiger partial charge >= 0.3 is 0 Å². The Bertz CT molecular complexity index is 818. The zero-order valence-electron chi connectivity index (χ0n) is 21.4. The average molecular weight is 477 g/mol. The minimum absolute atomic E-state index is 0.123. The monoisotopic (exact) mass is 476 g/mol. The Morgan fingerprint density at radius 1 is 0.882 bits per heavy atom. The van der Waals surface area contributed by atoms with Crippen molar-refractivity contribution in [3.63, 3.8) is 0 Å². The number of phenolic OH excluding ortho intramolecular Hbond substituents is 1.